The highest BCUT2D eigenvalue weighted by Gasteiger charge is 2.27. The molecule has 1 aliphatic heterocycles. The molecule has 0 radical (unpaired) electrons. The van der Waals surface area contributed by atoms with Crippen LogP contribution in [0.5, 0.6) is 0 Å². The predicted octanol–water partition coefficient (Wildman–Crippen LogP) is 1.83. The molecule has 24 heavy (non-hydrogen) atoms. The molecule has 1 aromatic heterocycles. The Bertz CT molecular complexity index is 544. The minimum absolute atomic E-state index is 0.0645. The zero-order valence-corrected chi connectivity index (χ0v) is 14.4. The fourth-order valence-corrected chi connectivity index (χ4v) is 3.64. The molecule has 0 aromatic carbocycles. The molecule has 1 saturated heterocycles. The molecule has 6 nitrogen and oxygen atoms in total. The molecule has 2 amide bonds. The first kappa shape index (κ1) is 17.0. The summed E-state index contributed by atoms with van der Waals surface area (Å²) < 4.78 is 5.17. The van der Waals surface area contributed by atoms with E-state index in [9.17, 15) is 9.59 Å². The van der Waals surface area contributed by atoms with Crippen molar-refractivity contribution in [3.05, 3.63) is 24.2 Å². The van der Waals surface area contributed by atoms with E-state index in [2.05, 4.69) is 4.90 Å². The molecule has 1 saturated carbocycles. The molecule has 3 rings (SSSR count). The van der Waals surface area contributed by atoms with Gasteiger partial charge in [0.15, 0.2) is 5.76 Å². The van der Waals surface area contributed by atoms with Crippen molar-refractivity contribution in [2.75, 3.05) is 39.8 Å². The van der Waals surface area contributed by atoms with Crippen LogP contribution in [0.15, 0.2) is 22.8 Å². The Morgan fingerprint density at radius 2 is 1.88 bits per heavy atom. The SMILES string of the molecule is CN(C(=O)CN1CCN(C(=O)c2ccco2)CC1)C1CCCCC1. The number of amides is 2. The summed E-state index contributed by atoms with van der Waals surface area (Å²) in [5.74, 6) is 0.523. The maximum Gasteiger partial charge on any atom is 0.289 e. The van der Waals surface area contributed by atoms with E-state index < -0.39 is 0 Å². The van der Waals surface area contributed by atoms with Gasteiger partial charge in [-0.2, -0.15) is 0 Å². The van der Waals surface area contributed by atoms with E-state index in [1.54, 1.807) is 17.0 Å². The number of hydrogen-bond donors (Lipinski definition) is 0. The summed E-state index contributed by atoms with van der Waals surface area (Å²) in [6.45, 7) is 3.20. The van der Waals surface area contributed by atoms with E-state index >= 15 is 0 Å². The Hall–Kier alpha value is -1.82. The first-order chi connectivity index (χ1) is 11.6. The van der Waals surface area contributed by atoms with Crippen molar-refractivity contribution in [1.29, 1.82) is 0 Å². The van der Waals surface area contributed by atoms with Gasteiger partial charge in [0.25, 0.3) is 5.91 Å². The fourth-order valence-electron chi connectivity index (χ4n) is 3.64. The first-order valence-corrected chi connectivity index (χ1v) is 8.96. The summed E-state index contributed by atoms with van der Waals surface area (Å²) in [6.07, 6.45) is 7.54. The lowest BCUT2D eigenvalue weighted by molar-refractivity contribution is -0.134. The Kier molecular flexibility index (Phi) is 5.56. The van der Waals surface area contributed by atoms with Gasteiger partial charge in [-0.1, -0.05) is 19.3 Å². The van der Waals surface area contributed by atoms with Crippen LogP contribution in [0.2, 0.25) is 0 Å². The zero-order chi connectivity index (χ0) is 16.9. The third-order valence-corrected chi connectivity index (χ3v) is 5.27. The van der Waals surface area contributed by atoms with Crippen molar-refractivity contribution in [2.24, 2.45) is 0 Å². The predicted molar refractivity (Wildman–Crippen MR) is 90.7 cm³/mol. The van der Waals surface area contributed by atoms with Gasteiger partial charge in [0.1, 0.15) is 0 Å². The van der Waals surface area contributed by atoms with Gasteiger partial charge in [-0.05, 0) is 25.0 Å². The maximum absolute atomic E-state index is 12.5. The lowest BCUT2D eigenvalue weighted by atomic mass is 9.94. The highest BCUT2D eigenvalue weighted by molar-refractivity contribution is 5.91. The van der Waals surface area contributed by atoms with Crippen molar-refractivity contribution in [1.82, 2.24) is 14.7 Å². The lowest BCUT2D eigenvalue weighted by Crippen LogP contribution is -2.52. The average molecular weight is 333 g/mol. The normalized spacial score (nSPS) is 20.1. The van der Waals surface area contributed by atoms with E-state index in [1.165, 1.54) is 25.5 Å². The van der Waals surface area contributed by atoms with Crippen molar-refractivity contribution in [3.8, 4) is 0 Å². The molecule has 0 unspecified atom stereocenters. The molecule has 6 heteroatoms. The number of piperazine rings is 1. The zero-order valence-electron chi connectivity index (χ0n) is 14.4. The van der Waals surface area contributed by atoms with Crippen LogP contribution in [0.3, 0.4) is 0 Å². The van der Waals surface area contributed by atoms with Crippen LogP contribution in [0.25, 0.3) is 0 Å². The third kappa shape index (κ3) is 3.98. The van der Waals surface area contributed by atoms with Crippen LogP contribution in [0.4, 0.5) is 0 Å². The molecule has 2 heterocycles. The van der Waals surface area contributed by atoms with Crippen LogP contribution in [-0.2, 0) is 4.79 Å². The molecule has 0 bridgehead atoms. The third-order valence-electron chi connectivity index (χ3n) is 5.27. The molecule has 0 spiro atoms. The second-order valence-corrected chi connectivity index (χ2v) is 6.84. The summed E-state index contributed by atoms with van der Waals surface area (Å²) in [6, 6.07) is 3.83. The highest BCUT2D eigenvalue weighted by Crippen LogP contribution is 2.21. The molecule has 132 valence electrons. The Labute approximate surface area is 143 Å². The van der Waals surface area contributed by atoms with Crippen molar-refractivity contribution >= 4 is 11.8 Å². The minimum Gasteiger partial charge on any atom is -0.459 e. The van der Waals surface area contributed by atoms with Crippen molar-refractivity contribution in [3.63, 3.8) is 0 Å². The fraction of sp³-hybridized carbons (Fsp3) is 0.667. The maximum atomic E-state index is 12.5. The molecule has 1 aromatic rings. The molecule has 2 fully saturated rings. The molecule has 0 N–H and O–H groups in total. The van der Waals surface area contributed by atoms with E-state index in [0.29, 0.717) is 31.4 Å². The number of carbonyl (C=O) groups is 2. The van der Waals surface area contributed by atoms with Crippen LogP contribution >= 0.6 is 0 Å². The summed E-state index contributed by atoms with van der Waals surface area (Å²) in [5.41, 5.74) is 0. The molecule has 1 aliphatic carbocycles. The summed E-state index contributed by atoms with van der Waals surface area (Å²) in [5, 5.41) is 0. The van der Waals surface area contributed by atoms with Crippen molar-refractivity contribution in [2.45, 2.75) is 38.1 Å². The number of furan rings is 1. The first-order valence-electron chi connectivity index (χ1n) is 8.96. The highest BCUT2D eigenvalue weighted by atomic mass is 16.3. The largest absolute Gasteiger partial charge is 0.459 e. The number of rotatable bonds is 4. The molecular weight excluding hydrogens is 306 g/mol. The van der Waals surface area contributed by atoms with Crippen LogP contribution < -0.4 is 0 Å². The Morgan fingerprint density at radius 3 is 2.50 bits per heavy atom. The van der Waals surface area contributed by atoms with Gasteiger partial charge in [-0.3, -0.25) is 14.5 Å². The van der Waals surface area contributed by atoms with Crippen LogP contribution in [0.1, 0.15) is 42.7 Å². The van der Waals surface area contributed by atoms with Gasteiger partial charge in [-0.25, -0.2) is 0 Å². The monoisotopic (exact) mass is 333 g/mol. The van der Waals surface area contributed by atoms with Gasteiger partial charge in [-0.15, -0.1) is 0 Å². The number of nitrogens with zero attached hydrogens (tertiary/aromatic N) is 3. The lowest BCUT2D eigenvalue weighted by Gasteiger charge is -2.36. The Morgan fingerprint density at radius 1 is 1.17 bits per heavy atom. The number of hydrogen-bond acceptors (Lipinski definition) is 4. The summed E-state index contributed by atoms with van der Waals surface area (Å²) >= 11 is 0. The van der Waals surface area contributed by atoms with E-state index in [4.69, 9.17) is 4.42 Å². The average Bonchev–Trinajstić information content (AvgIpc) is 3.16. The van der Waals surface area contributed by atoms with Gasteiger partial charge in [0.2, 0.25) is 5.91 Å². The second kappa shape index (κ2) is 7.83. The van der Waals surface area contributed by atoms with Crippen LogP contribution in [-0.4, -0.2) is 72.3 Å². The van der Waals surface area contributed by atoms with E-state index in [-0.39, 0.29) is 11.8 Å². The van der Waals surface area contributed by atoms with Crippen molar-refractivity contribution < 1.29 is 14.0 Å². The number of carbonyl (C=O) groups excluding carboxylic acids is 2. The van der Waals surface area contributed by atoms with E-state index in [1.807, 2.05) is 11.9 Å². The second-order valence-electron chi connectivity index (χ2n) is 6.84. The van der Waals surface area contributed by atoms with Gasteiger partial charge in [0, 0.05) is 39.3 Å². The quantitative estimate of drug-likeness (QED) is 0.843. The van der Waals surface area contributed by atoms with Crippen LogP contribution in [0, 0.1) is 0 Å². The van der Waals surface area contributed by atoms with E-state index in [0.717, 1.165) is 25.9 Å². The topological polar surface area (TPSA) is 57.0 Å². The van der Waals surface area contributed by atoms with Gasteiger partial charge in [0.05, 0.1) is 12.8 Å². The summed E-state index contributed by atoms with van der Waals surface area (Å²) in [4.78, 5) is 30.6. The smallest absolute Gasteiger partial charge is 0.289 e. The standard InChI is InChI=1S/C18H27N3O3/c1-19(15-6-3-2-4-7-15)17(22)14-20-9-11-21(12-10-20)18(23)16-8-5-13-24-16/h5,8,13,15H,2-4,6-7,9-12,14H2,1H3. The molecular formula is C18H27N3O3. The Balaban J connectivity index is 1.44. The van der Waals surface area contributed by atoms with Gasteiger partial charge < -0.3 is 14.2 Å². The molecule has 0 atom stereocenters. The minimum atomic E-state index is -0.0645. The van der Waals surface area contributed by atoms with Gasteiger partial charge >= 0.3 is 0 Å². The molecule has 2 aliphatic rings. The number of likely N-dealkylation sites (N-methyl/N-ethyl adjacent to an activating group) is 1. The summed E-state index contributed by atoms with van der Waals surface area (Å²) in [7, 11) is 1.94.